The van der Waals surface area contributed by atoms with Crippen molar-refractivity contribution in [3.05, 3.63) is 40.9 Å². The first-order valence-electron chi connectivity index (χ1n) is 8.50. The lowest BCUT2D eigenvalue weighted by Gasteiger charge is -2.06. The molecule has 0 fully saturated rings. The molecule has 1 amide bonds. The molecule has 0 spiro atoms. The molecule has 0 aliphatic carbocycles. The predicted molar refractivity (Wildman–Crippen MR) is 106 cm³/mol. The van der Waals surface area contributed by atoms with Gasteiger partial charge in [0.25, 0.3) is 5.91 Å². The molecule has 0 saturated carbocycles. The first kappa shape index (κ1) is 23.2. The van der Waals surface area contributed by atoms with Gasteiger partial charge in [-0.15, -0.1) is 11.3 Å². The zero-order valence-electron chi connectivity index (χ0n) is 16.0. The second-order valence-electron chi connectivity index (χ2n) is 5.96. The van der Waals surface area contributed by atoms with Crippen LogP contribution in [0.1, 0.15) is 15.4 Å². The van der Waals surface area contributed by atoms with E-state index < -0.39 is 12.1 Å². The topological polar surface area (TPSA) is 119 Å². The van der Waals surface area contributed by atoms with Crippen LogP contribution in [-0.4, -0.2) is 46.1 Å². The molecule has 0 aliphatic heterocycles. The minimum atomic E-state index is -5.08. The highest BCUT2D eigenvalue weighted by atomic mass is 32.1. The standard InChI is InChI=1S/C16H18N4O2S.C2HF3O2/c1-10-13-9-14(23-16(13)20(2)19-10)15(21)18-11-3-5-12(6-4-11)22-8-7-17;3-2(4,5)1(6)7/h3-6,9H,7-8,17H2,1-2H3,(H,18,21);(H,6,7). The van der Waals surface area contributed by atoms with Gasteiger partial charge in [-0.05, 0) is 37.3 Å². The van der Waals surface area contributed by atoms with E-state index in [0.29, 0.717) is 18.0 Å². The monoisotopic (exact) mass is 444 g/mol. The number of carboxylic acid groups (broad SMARTS) is 1. The Hall–Kier alpha value is -3.12. The molecule has 3 rings (SSSR count). The Morgan fingerprint density at radius 1 is 1.30 bits per heavy atom. The second-order valence-corrected chi connectivity index (χ2v) is 6.99. The molecule has 0 unspecified atom stereocenters. The molecule has 0 bridgehead atoms. The number of aliphatic carboxylic acids is 1. The van der Waals surface area contributed by atoms with Crippen molar-refractivity contribution in [1.29, 1.82) is 0 Å². The molecule has 2 aromatic heterocycles. The summed E-state index contributed by atoms with van der Waals surface area (Å²) in [6.07, 6.45) is -5.08. The lowest BCUT2D eigenvalue weighted by Crippen LogP contribution is -2.21. The third-order valence-electron chi connectivity index (χ3n) is 3.66. The van der Waals surface area contributed by atoms with Crippen molar-refractivity contribution in [3.63, 3.8) is 0 Å². The number of amides is 1. The number of carbonyl (C=O) groups excluding carboxylic acids is 1. The maximum atomic E-state index is 12.4. The molecule has 1 aromatic carbocycles. The predicted octanol–water partition coefficient (Wildman–Crippen LogP) is 3.17. The number of carboxylic acids is 1. The molecular formula is C18H19F3N4O4S. The molecular weight excluding hydrogens is 425 g/mol. The number of anilines is 1. The number of hydrogen-bond acceptors (Lipinski definition) is 6. The first-order chi connectivity index (χ1) is 14.0. The molecule has 12 heteroatoms. The third-order valence-corrected chi connectivity index (χ3v) is 4.86. The second kappa shape index (κ2) is 9.59. The van der Waals surface area contributed by atoms with Crippen LogP contribution in [0.3, 0.4) is 0 Å². The maximum Gasteiger partial charge on any atom is 0.490 e. The highest BCUT2D eigenvalue weighted by Crippen LogP contribution is 2.28. The number of ether oxygens (including phenoxy) is 1. The Morgan fingerprint density at radius 3 is 2.40 bits per heavy atom. The van der Waals surface area contributed by atoms with Crippen molar-refractivity contribution in [2.45, 2.75) is 13.1 Å². The van der Waals surface area contributed by atoms with E-state index in [1.165, 1.54) is 11.3 Å². The van der Waals surface area contributed by atoms with Gasteiger partial charge in [-0.25, -0.2) is 4.79 Å². The summed E-state index contributed by atoms with van der Waals surface area (Å²) < 4.78 is 38.9. The summed E-state index contributed by atoms with van der Waals surface area (Å²) in [5, 5.41) is 15.4. The number of nitrogens with two attached hydrogens (primary N) is 1. The largest absolute Gasteiger partial charge is 0.492 e. The average Bonchev–Trinajstić information content (AvgIpc) is 3.23. The normalized spacial score (nSPS) is 11.0. The summed E-state index contributed by atoms with van der Waals surface area (Å²) in [5.74, 6) is -2.15. The summed E-state index contributed by atoms with van der Waals surface area (Å²) >= 11 is 1.44. The number of aryl methyl sites for hydroxylation is 2. The Bertz CT molecular complexity index is 994. The molecule has 4 N–H and O–H groups in total. The molecule has 3 aromatic rings. The molecule has 8 nitrogen and oxygen atoms in total. The van der Waals surface area contributed by atoms with Crippen LogP contribution in [-0.2, 0) is 11.8 Å². The van der Waals surface area contributed by atoms with E-state index in [4.69, 9.17) is 20.4 Å². The lowest BCUT2D eigenvalue weighted by molar-refractivity contribution is -0.192. The minimum absolute atomic E-state index is 0.124. The van der Waals surface area contributed by atoms with Crippen LogP contribution in [0.25, 0.3) is 10.2 Å². The highest BCUT2D eigenvalue weighted by molar-refractivity contribution is 7.20. The number of carbonyl (C=O) groups is 2. The van der Waals surface area contributed by atoms with Gasteiger partial charge >= 0.3 is 12.1 Å². The van der Waals surface area contributed by atoms with Gasteiger partial charge in [0.1, 0.15) is 17.2 Å². The number of benzene rings is 1. The Labute approximate surface area is 173 Å². The smallest absolute Gasteiger partial charge is 0.490 e. The quantitative estimate of drug-likeness (QED) is 0.556. The maximum absolute atomic E-state index is 12.4. The Balaban J connectivity index is 0.000000396. The number of alkyl halides is 3. The molecule has 30 heavy (non-hydrogen) atoms. The van der Waals surface area contributed by atoms with E-state index in [9.17, 15) is 18.0 Å². The Kier molecular flexibility index (Phi) is 7.40. The highest BCUT2D eigenvalue weighted by Gasteiger charge is 2.38. The summed E-state index contributed by atoms with van der Waals surface area (Å²) in [5.41, 5.74) is 7.05. The van der Waals surface area contributed by atoms with Gasteiger partial charge in [0.15, 0.2) is 0 Å². The van der Waals surface area contributed by atoms with Crippen molar-refractivity contribution < 1.29 is 32.6 Å². The fourth-order valence-corrected chi connectivity index (χ4v) is 3.34. The number of fused-ring (bicyclic) bond motifs is 1. The molecule has 162 valence electrons. The van der Waals surface area contributed by atoms with Crippen LogP contribution < -0.4 is 15.8 Å². The van der Waals surface area contributed by atoms with Crippen molar-refractivity contribution >= 4 is 39.1 Å². The molecule has 0 saturated heterocycles. The zero-order chi connectivity index (χ0) is 22.5. The molecule has 0 radical (unpaired) electrons. The lowest BCUT2D eigenvalue weighted by atomic mass is 10.2. The first-order valence-corrected chi connectivity index (χ1v) is 9.32. The van der Waals surface area contributed by atoms with Crippen LogP contribution in [0.2, 0.25) is 0 Å². The SMILES string of the molecule is Cc1nn(C)c2sc(C(=O)Nc3ccc(OCCN)cc3)cc12.O=C(O)C(F)(F)F. The van der Waals surface area contributed by atoms with Crippen molar-refractivity contribution in [3.8, 4) is 5.75 Å². The van der Waals surface area contributed by atoms with E-state index in [1.54, 1.807) is 4.68 Å². The van der Waals surface area contributed by atoms with Gasteiger partial charge < -0.3 is 20.9 Å². The van der Waals surface area contributed by atoms with Gasteiger partial charge in [-0.2, -0.15) is 18.3 Å². The summed E-state index contributed by atoms with van der Waals surface area (Å²) in [4.78, 5) is 22.9. The number of hydrogen-bond donors (Lipinski definition) is 3. The molecule has 2 heterocycles. The van der Waals surface area contributed by atoms with Crippen molar-refractivity contribution in [2.75, 3.05) is 18.5 Å². The summed E-state index contributed by atoms with van der Waals surface area (Å²) in [7, 11) is 1.88. The average molecular weight is 444 g/mol. The minimum Gasteiger partial charge on any atom is -0.492 e. The number of halogens is 3. The van der Waals surface area contributed by atoms with Crippen LogP contribution in [0, 0.1) is 6.92 Å². The number of rotatable bonds is 5. The van der Waals surface area contributed by atoms with E-state index in [0.717, 1.165) is 27.3 Å². The van der Waals surface area contributed by atoms with Gasteiger partial charge in [0.2, 0.25) is 0 Å². The Morgan fingerprint density at radius 2 is 1.90 bits per heavy atom. The van der Waals surface area contributed by atoms with E-state index >= 15 is 0 Å². The molecule has 0 aliphatic rings. The van der Waals surface area contributed by atoms with E-state index in [1.807, 2.05) is 44.3 Å². The van der Waals surface area contributed by atoms with E-state index in [2.05, 4.69) is 10.4 Å². The van der Waals surface area contributed by atoms with Crippen LogP contribution in [0.15, 0.2) is 30.3 Å². The third kappa shape index (κ3) is 5.94. The number of thiophene rings is 1. The number of nitrogens with one attached hydrogen (secondary N) is 1. The molecule has 0 atom stereocenters. The number of aromatic nitrogens is 2. The van der Waals surface area contributed by atoms with Crippen molar-refractivity contribution in [1.82, 2.24) is 9.78 Å². The summed E-state index contributed by atoms with van der Waals surface area (Å²) in [6.45, 7) is 2.89. The summed E-state index contributed by atoms with van der Waals surface area (Å²) in [6, 6.07) is 9.12. The number of nitrogens with zero attached hydrogens (tertiary/aromatic N) is 2. The van der Waals surface area contributed by atoms with Crippen LogP contribution in [0.5, 0.6) is 5.75 Å². The fourth-order valence-electron chi connectivity index (χ4n) is 2.32. The van der Waals surface area contributed by atoms with E-state index in [-0.39, 0.29) is 5.91 Å². The van der Waals surface area contributed by atoms with Gasteiger partial charge in [-0.3, -0.25) is 9.48 Å². The van der Waals surface area contributed by atoms with Crippen molar-refractivity contribution in [2.24, 2.45) is 12.8 Å². The van der Waals surface area contributed by atoms with Gasteiger partial charge in [0.05, 0.1) is 10.6 Å². The van der Waals surface area contributed by atoms with Crippen LogP contribution >= 0.6 is 11.3 Å². The fraction of sp³-hybridized carbons (Fsp3) is 0.278. The zero-order valence-corrected chi connectivity index (χ0v) is 16.8. The van der Waals surface area contributed by atoms with Gasteiger partial charge in [-0.1, -0.05) is 0 Å². The van der Waals surface area contributed by atoms with Crippen LogP contribution in [0.4, 0.5) is 18.9 Å². The van der Waals surface area contributed by atoms with Gasteiger partial charge in [0, 0.05) is 24.7 Å².